The van der Waals surface area contributed by atoms with Crippen molar-refractivity contribution in [1.82, 2.24) is 9.97 Å². The summed E-state index contributed by atoms with van der Waals surface area (Å²) in [5.74, 6) is -0.125. The second-order valence-corrected chi connectivity index (χ2v) is 5.62. The van der Waals surface area contributed by atoms with E-state index in [4.69, 9.17) is 4.74 Å². The number of carbonyl (C=O) groups excluding carboxylic acids is 2. The molecule has 0 fully saturated rings. The van der Waals surface area contributed by atoms with Gasteiger partial charge < -0.3 is 15.0 Å². The van der Waals surface area contributed by atoms with Gasteiger partial charge in [0.25, 0.3) is 0 Å². The number of benzene rings is 1. The maximum absolute atomic E-state index is 11.6. The van der Waals surface area contributed by atoms with Crippen molar-refractivity contribution in [2.45, 2.75) is 6.92 Å². The zero-order chi connectivity index (χ0) is 18.5. The lowest BCUT2D eigenvalue weighted by molar-refractivity contribution is -0.114. The third-order valence-electron chi connectivity index (χ3n) is 3.54. The lowest BCUT2D eigenvalue weighted by Gasteiger charge is -2.04. The van der Waals surface area contributed by atoms with Crippen molar-refractivity contribution in [2.24, 2.45) is 0 Å². The molecule has 3 rings (SSSR count). The van der Waals surface area contributed by atoms with E-state index in [1.54, 1.807) is 12.3 Å². The molecule has 0 radical (unpaired) electrons. The van der Waals surface area contributed by atoms with Gasteiger partial charge >= 0.3 is 6.09 Å². The molecule has 2 amide bonds. The first-order valence-corrected chi connectivity index (χ1v) is 7.96. The highest BCUT2D eigenvalue weighted by atomic mass is 16.5. The average molecular weight is 350 g/mol. The zero-order valence-electron chi connectivity index (χ0n) is 14.2. The van der Waals surface area contributed by atoms with Gasteiger partial charge in [-0.05, 0) is 24.3 Å². The van der Waals surface area contributed by atoms with Crippen LogP contribution in [0, 0.1) is 0 Å². The number of anilines is 2. The van der Waals surface area contributed by atoms with E-state index in [1.807, 2.05) is 30.3 Å². The Hall–Kier alpha value is -3.61. The summed E-state index contributed by atoms with van der Waals surface area (Å²) < 4.78 is 4.89. The predicted octanol–water partition coefficient (Wildman–Crippen LogP) is 3.92. The number of ether oxygens (including phenoxy) is 1. The number of fused-ring (bicyclic) bond motifs is 1. The van der Waals surface area contributed by atoms with Gasteiger partial charge in [0.05, 0.1) is 11.9 Å². The van der Waals surface area contributed by atoms with Crippen molar-refractivity contribution in [1.29, 1.82) is 0 Å². The van der Waals surface area contributed by atoms with Crippen molar-refractivity contribution < 1.29 is 14.3 Å². The van der Waals surface area contributed by atoms with Crippen LogP contribution in [0.15, 0.2) is 55.3 Å². The molecule has 0 atom stereocenters. The molecule has 0 spiro atoms. The molecule has 2 aromatic heterocycles. The van der Waals surface area contributed by atoms with E-state index in [2.05, 4.69) is 27.2 Å². The first-order chi connectivity index (χ1) is 12.5. The number of nitrogens with one attached hydrogen (secondary N) is 3. The molecule has 3 aromatic rings. The fourth-order valence-corrected chi connectivity index (χ4v) is 2.50. The van der Waals surface area contributed by atoms with Crippen molar-refractivity contribution in [2.75, 3.05) is 17.2 Å². The first-order valence-electron chi connectivity index (χ1n) is 7.96. The molecule has 0 bridgehead atoms. The van der Waals surface area contributed by atoms with Gasteiger partial charge in [0.1, 0.15) is 12.3 Å². The van der Waals surface area contributed by atoms with Gasteiger partial charge in [-0.25, -0.2) is 9.78 Å². The van der Waals surface area contributed by atoms with Gasteiger partial charge in [-0.1, -0.05) is 24.8 Å². The van der Waals surface area contributed by atoms with Gasteiger partial charge in [0.2, 0.25) is 5.91 Å². The summed E-state index contributed by atoms with van der Waals surface area (Å²) >= 11 is 0. The molecule has 2 heterocycles. The van der Waals surface area contributed by atoms with Crippen LogP contribution in [-0.4, -0.2) is 28.6 Å². The van der Waals surface area contributed by atoms with Crippen molar-refractivity contribution in [3.05, 3.63) is 55.3 Å². The van der Waals surface area contributed by atoms with Crippen LogP contribution in [0.1, 0.15) is 6.92 Å². The zero-order valence-corrected chi connectivity index (χ0v) is 14.2. The molecule has 1 aromatic carbocycles. The van der Waals surface area contributed by atoms with Crippen LogP contribution in [0.3, 0.4) is 0 Å². The molecule has 3 N–H and O–H groups in total. The maximum atomic E-state index is 11.6. The Bertz CT molecular complexity index is 978. The number of rotatable bonds is 5. The maximum Gasteiger partial charge on any atom is 0.411 e. The Labute approximate surface area is 150 Å². The summed E-state index contributed by atoms with van der Waals surface area (Å²) in [5.41, 5.74) is 3.70. The highest BCUT2D eigenvalue weighted by Gasteiger charge is 2.08. The van der Waals surface area contributed by atoms with Crippen molar-refractivity contribution in [3.8, 4) is 11.3 Å². The smallest absolute Gasteiger partial charge is 0.411 e. The molecule has 0 aliphatic carbocycles. The fourth-order valence-electron chi connectivity index (χ4n) is 2.50. The SMILES string of the molecule is C=CCOC(=O)Nc1cnc2[nH]c(-c3cccc(NC(C)=O)c3)cc2c1. The molecule has 0 unspecified atom stereocenters. The fraction of sp³-hybridized carbons (Fsp3) is 0.105. The molecule has 132 valence electrons. The molecule has 7 heteroatoms. The molecule has 7 nitrogen and oxygen atoms in total. The van der Waals surface area contributed by atoms with Gasteiger partial charge in [0.15, 0.2) is 0 Å². The first kappa shape index (κ1) is 17.2. The summed E-state index contributed by atoms with van der Waals surface area (Å²) in [4.78, 5) is 30.4. The van der Waals surface area contributed by atoms with E-state index >= 15 is 0 Å². The normalized spacial score (nSPS) is 10.3. The Kier molecular flexibility index (Phi) is 4.98. The molecule has 0 saturated carbocycles. The summed E-state index contributed by atoms with van der Waals surface area (Å²) in [6, 6.07) is 11.2. The standard InChI is InChI=1S/C19H18N4O3/c1-3-7-26-19(25)22-16-9-14-10-17(23-18(14)20-11-16)13-5-4-6-15(8-13)21-12(2)24/h3-6,8-11H,1,7H2,2H3,(H,20,23)(H,21,24)(H,22,25). The largest absolute Gasteiger partial charge is 0.445 e. The minimum Gasteiger partial charge on any atom is -0.445 e. The second-order valence-electron chi connectivity index (χ2n) is 5.62. The summed E-state index contributed by atoms with van der Waals surface area (Å²) in [7, 11) is 0. The van der Waals surface area contributed by atoms with E-state index in [0.717, 1.165) is 16.6 Å². The molecule has 0 aliphatic rings. The van der Waals surface area contributed by atoms with Crippen LogP contribution < -0.4 is 10.6 Å². The Morgan fingerprint density at radius 3 is 2.85 bits per heavy atom. The Morgan fingerprint density at radius 1 is 1.23 bits per heavy atom. The third kappa shape index (κ3) is 4.07. The number of aromatic nitrogens is 2. The number of amides is 2. The number of hydrogen-bond donors (Lipinski definition) is 3. The number of hydrogen-bond acceptors (Lipinski definition) is 4. The molecular formula is C19H18N4O3. The number of pyridine rings is 1. The topological polar surface area (TPSA) is 96.1 Å². The predicted molar refractivity (Wildman–Crippen MR) is 101 cm³/mol. The second kappa shape index (κ2) is 7.52. The molecule has 0 aliphatic heterocycles. The highest BCUT2D eigenvalue weighted by molar-refractivity contribution is 5.92. The monoisotopic (exact) mass is 350 g/mol. The quantitative estimate of drug-likeness (QED) is 0.608. The average Bonchev–Trinajstić information content (AvgIpc) is 3.03. The summed E-state index contributed by atoms with van der Waals surface area (Å²) in [6.45, 7) is 5.10. The van der Waals surface area contributed by atoms with Crippen LogP contribution in [0.2, 0.25) is 0 Å². The number of aromatic amines is 1. The molecular weight excluding hydrogens is 332 g/mol. The van der Waals surface area contributed by atoms with Crippen LogP contribution in [-0.2, 0) is 9.53 Å². The minimum atomic E-state index is -0.565. The lowest BCUT2D eigenvalue weighted by atomic mass is 10.1. The summed E-state index contributed by atoms with van der Waals surface area (Å²) in [6.07, 6.45) is 2.48. The number of carbonyl (C=O) groups is 2. The van der Waals surface area contributed by atoms with Crippen LogP contribution >= 0.6 is 0 Å². The Balaban J connectivity index is 1.84. The highest BCUT2D eigenvalue weighted by Crippen LogP contribution is 2.26. The van der Waals surface area contributed by atoms with Crippen LogP contribution in [0.4, 0.5) is 16.2 Å². The van der Waals surface area contributed by atoms with Gasteiger partial charge in [-0.15, -0.1) is 0 Å². The molecule has 26 heavy (non-hydrogen) atoms. The third-order valence-corrected chi connectivity index (χ3v) is 3.54. The van der Waals surface area contributed by atoms with Gasteiger partial charge in [-0.3, -0.25) is 10.1 Å². The van der Waals surface area contributed by atoms with E-state index in [-0.39, 0.29) is 12.5 Å². The summed E-state index contributed by atoms with van der Waals surface area (Å²) in [5, 5.41) is 6.21. The van der Waals surface area contributed by atoms with Crippen molar-refractivity contribution >= 4 is 34.4 Å². The van der Waals surface area contributed by atoms with E-state index < -0.39 is 6.09 Å². The lowest BCUT2D eigenvalue weighted by Crippen LogP contribution is -2.13. The minimum absolute atomic E-state index is 0.125. The van der Waals surface area contributed by atoms with Crippen LogP contribution in [0.5, 0.6) is 0 Å². The molecule has 0 saturated heterocycles. The Morgan fingerprint density at radius 2 is 2.08 bits per heavy atom. The number of nitrogens with zero attached hydrogens (tertiary/aromatic N) is 1. The van der Waals surface area contributed by atoms with E-state index in [9.17, 15) is 9.59 Å². The number of H-pyrrole nitrogens is 1. The van der Waals surface area contributed by atoms with Gasteiger partial charge in [0, 0.05) is 29.3 Å². The van der Waals surface area contributed by atoms with E-state index in [1.165, 1.54) is 13.0 Å². The van der Waals surface area contributed by atoms with Gasteiger partial charge in [-0.2, -0.15) is 0 Å². The van der Waals surface area contributed by atoms with Crippen molar-refractivity contribution in [3.63, 3.8) is 0 Å². The van der Waals surface area contributed by atoms with E-state index in [0.29, 0.717) is 17.0 Å². The van der Waals surface area contributed by atoms with Crippen LogP contribution in [0.25, 0.3) is 22.3 Å².